The fraction of sp³-hybridized carbons (Fsp3) is 0.353. The van der Waals surface area contributed by atoms with Gasteiger partial charge in [0.1, 0.15) is 5.01 Å². The minimum Gasteiger partial charge on any atom is -0.331 e. The van der Waals surface area contributed by atoms with Crippen LogP contribution >= 0.6 is 11.3 Å². The van der Waals surface area contributed by atoms with E-state index in [2.05, 4.69) is 22.5 Å². The Morgan fingerprint density at radius 3 is 2.96 bits per heavy atom. The molecule has 0 spiro atoms. The molecule has 126 valence electrons. The number of amides is 3. The molecule has 3 rings (SSSR count). The Labute approximate surface area is 144 Å². The standard InChI is InChI=1S/C17H20N4O2S/c1-3-13-9-18-15(24-13)10-19-17(23)20-12-5-6-14-11(8-12)4-7-16(22)21(14)2/h5-6,8-9H,3-4,7,10H2,1-2H3,(H2,19,20,23). The number of nitrogens with zero attached hydrogens (tertiary/aromatic N) is 2. The van der Waals surface area contributed by atoms with E-state index in [-0.39, 0.29) is 11.9 Å². The molecule has 0 atom stereocenters. The number of aromatic nitrogens is 1. The summed E-state index contributed by atoms with van der Waals surface area (Å²) in [5, 5.41) is 6.54. The first-order valence-electron chi connectivity index (χ1n) is 7.94. The molecule has 1 aliphatic heterocycles. The van der Waals surface area contributed by atoms with Crippen LogP contribution in [0.3, 0.4) is 0 Å². The molecule has 2 aromatic rings. The van der Waals surface area contributed by atoms with E-state index in [0.29, 0.717) is 19.4 Å². The minimum absolute atomic E-state index is 0.121. The van der Waals surface area contributed by atoms with E-state index in [9.17, 15) is 9.59 Å². The number of thiazole rings is 1. The summed E-state index contributed by atoms with van der Waals surface area (Å²) in [6.45, 7) is 2.50. The van der Waals surface area contributed by atoms with Crippen LogP contribution in [0.5, 0.6) is 0 Å². The van der Waals surface area contributed by atoms with Gasteiger partial charge in [0.25, 0.3) is 0 Å². The zero-order valence-electron chi connectivity index (χ0n) is 13.8. The van der Waals surface area contributed by atoms with Gasteiger partial charge in [-0.15, -0.1) is 11.3 Å². The van der Waals surface area contributed by atoms with Gasteiger partial charge in [0.15, 0.2) is 0 Å². The topological polar surface area (TPSA) is 74.3 Å². The summed E-state index contributed by atoms with van der Waals surface area (Å²) >= 11 is 1.61. The van der Waals surface area contributed by atoms with Crippen molar-refractivity contribution >= 4 is 34.6 Å². The van der Waals surface area contributed by atoms with E-state index in [1.807, 2.05) is 24.4 Å². The van der Waals surface area contributed by atoms with Gasteiger partial charge in [-0.2, -0.15) is 0 Å². The second-order valence-corrected chi connectivity index (χ2v) is 6.88. The van der Waals surface area contributed by atoms with Crippen molar-refractivity contribution in [3.63, 3.8) is 0 Å². The predicted octanol–water partition coefficient (Wildman–Crippen LogP) is 2.94. The maximum absolute atomic E-state index is 12.0. The zero-order valence-corrected chi connectivity index (χ0v) is 14.6. The average molecular weight is 344 g/mol. The smallest absolute Gasteiger partial charge is 0.319 e. The summed E-state index contributed by atoms with van der Waals surface area (Å²) in [5.41, 5.74) is 2.71. The Bertz CT molecular complexity index is 772. The van der Waals surface area contributed by atoms with Crippen LogP contribution in [0.2, 0.25) is 0 Å². The van der Waals surface area contributed by atoms with Crippen molar-refractivity contribution in [2.75, 3.05) is 17.3 Å². The maximum atomic E-state index is 12.0. The lowest BCUT2D eigenvalue weighted by atomic mass is 10.0. The largest absolute Gasteiger partial charge is 0.331 e. The number of anilines is 2. The number of benzene rings is 1. The Hall–Kier alpha value is -2.41. The third-order valence-corrected chi connectivity index (χ3v) is 5.17. The summed E-state index contributed by atoms with van der Waals surface area (Å²) in [4.78, 5) is 30.9. The SMILES string of the molecule is CCc1cnc(CNC(=O)Nc2ccc3c(c2)CCC(=O)N3C)s1. The fourth-order valence-corrected chi connectivity index (χ4v) is 3.46. The van der Waals surface area contributed by atoms with Gasteiger partial charge >= 0.3 is 6.03 Å². The molecule has 1 aromatic carbocycles. The Balaban J connectivity index is 1.59. The van der Waals surface area contributed by atoms with Gasteiger partial charge in [0.05, 0.1) is 6.54 Å². The molecule has 0 unspecified atom stereocenters. The highest BCUT2D eigenvalue weighted by atomic mass is 32.1. The van der Waals surface area contributed by atoms with Crippen molar-refractivity contribution in [1.29, 1.82) is 0 Å². The molecule has 1 aromatic heterocycles. The number of nitrogens with one attached hydrogen (secondary N) is 2. The summed E-state index contributed by atoms with van der Waals surface area (Å²) in [7, 11) is 1.78. The van der Waals surface area contributed by atoms with Crippen molar-refractivity contribution in [2.45, 2.75) is 32.7 Å². The van der Waals surface area contributed by atoms with Crippen LogP contribution in [0.25, 0.3) is 0 Å². The number of rotatable bonds is 4. The number of aryl methyl sites for hydroxylation is 2. The zero-order chi connectivity index (χ0) is 17.1. The Morgan fingerprint density at radius 2 is 2.21 bits per heavy atom. The third-order valence-electron chi connectivity index (χ3n) is 4.03. The molecule has 2 heterocycles. The molecule has 7 heteroatoms. The second-order valence-electron chi connectivity index (χ2n) is 5.68. The van der Waals surface area contributed by atoms with Crippen molar-refractivity contribution < 1.29 is 9.59 Å². The molecule has 0 aliphatic carbocycles. The number of fused-ring (bicyclic) bond motifs is 1. The van der Waals surface area contributed by atoms with Gasteiger partial charge in [0, 0.05) is 35.9 Å². The van der Waals surface area contributed by atoms with E-state index in [0.717, 1.165) is 28.4 Å². The van der Waals surface area contributed by atoms with E-state index in [1.54, 1.807) is 23.3 Å². The van der Waals surface area contributed by atoms with Gasteiger partial charge in [0.2, 0.25) is 5.91 Å². The summed E-state index contributed by atoms with van der Waals surface area (Å²) in [6.07, 6.45) is 4.01. The quantitative estimate of drug-likeness (QED) is 0.895. The average Bonchev–Trinajstić information content (AvgIpc) is 3.05. The van der Waals surface area contributed by atoms with Crippen molar-refractivity contribution in [1.82, 2.24) is 10.3 Å². The van der Waals surface area contributed by atoms with Crippen LogP contribution in [0.15, 0.2) is 24.4 Å². The van der Waals surface area contributed by atoms with E-state index < -0.39 is 0 Å². The normalized spacial score (nSPS) is 13.6. The molecule has 6 nitrogen and oxygen atoms in total. The first kappa shape index (κ1) is 16.4. The molecule has 24 heavy (non-hydrogen) atoms. The number of urea groups is 1. The molecule has 2 N–H and O–H groups in total. The Kier molecular flexibility index (Phi) is 4.80. The molecular weight excluding hydrogens is 324 g/mol. The fourth-order valence-electron chi connectivity index (χ4n) is 2.66. The van der Waals surface area contributed by atoms with Gasteiger partial charge < -0.3 is 15.5 Å². The molecule has 3 amide bonds. The van der Waals surface area contributed by atoms with E-state index in [1.165, 1.54) is 4.88 Å². The number of carbonyl (C=O) groups excluding carboxylic acids is 2. The van der Waals surface area contributed by atoms with Crippen LogP contribution in [-0.2, 0) is 24.2 Å². The lowest BCUT2D eigenvalue weighted by Gasteiger charge is -2.26. The predicted molar refractivity (Wildman–Crippen MR) is 95.5 cm³/mol. The highest BCUT2D eigenvalue weighted by Crippen LogP contribution is 2.29. The van der Waals surface area contributed by atoms with Gasteiger partial charge in [-0.1, -0.05) is 6.92 Å². The summed E-state index contributed by atoms with van der Waals surface area (Å²) < 4.78 is 0. The highest BCUT2D eigenvalue weighted by molar-refractivity contribution is 7.11. The lowest BCUT2D eigenvalue weighted by molar-refractivity contribution is -0.118. The number of hydrogen-bond donors (Lipinski definition) is 2. The number of hydrogen-bond acceptors (Lipinski definition) is 4. The second kappa shape index (κ2) is 7.00. The van der Waals surface area contributed by atoms with Crippen LogP contribution in [0, 0.1) is 0 Å². The summed E-state index contributed by atoms with van der Waals surface area (Å²) in [6, 6.07) is 5.35. The lowest BCUT2D eigenvalue weighted by Crippen LogP contribution is -2.31. The van der Waals surface area contributed by atoms with Crippen LogP contribution in [0.4, 0.5) is 16.2 Å². The highest BCUT2D eigenvalue weighted by Gasteiger charge is 2.20. The first-order chi connectivity index (χ1) is 11.6. The molecule has 0 radical (unpaired) electrons. The third kappa shape index (κ3) is 3.56. The van der Waals surface area contributed by atoms with Gasteiger partial charge in [-0.3, -0.25) is 4.79 Å². The van der Waals surface area contributed by atoms with Crippen LogP contribution < -0.4 is 15.5 Å². The minimum atomic E-state index is -0.261. The van der Waals surface area contributed by atoms with E-state index >= 15 is 0 Å². The van der Waals surface area contributed by atoms with Gasteiger partial charge in [-0.25, -0.2) is 9.78 Å². The molecule has 0 saturated carbocycles. The molecule has 0 bridgehead atoms. The van der Waals surface area contributed by atoms with Crippen molar-refractivity contribution in [2.24, 2.45) is 0 Å². The monoisotopic (exact) mass is 344 g/mol. The Morgan fingerprint density at radius 1 is 1.38 bits per heavy atom. The van der Waals surface area contributed by atoms with E-state index in [4.69, 9.17) is 0 Å². The van der Waals surface area contributed by atoms with Crippen LogP contribution in [-0.4, -0.2) is 24.0 Å². The molecule has 0 fully saturated rings. The van der Waals surface area contributed by atoms with Gasteiger partial charge in [-0.05, 0) is 36.6 Å². The summed E-state index contributed by atoms with van der Waals surface area (Å²) in [5.74, 6) is 0.121. The molecule has 0 saturated heterocycles. The molecule has 1 aliphatic rings. The maximum Gasteiger partial charge on any atom is 0.319 e. The molecular formula is C17H20N4O2S. The van der Waals surface area contributed by atoms with Crippen LogP contribution in [0.1, 0.15) is 28.8 Å². The van der Waals surface area contributed by atoms with Crippen molar-refractivity contribution in [3.8, 4) is 0 Å². The first-order valence-corrected chi connectivity index (χ1v) is 8.76. The number of carbonyl (C=O) groups is 2. The van der Waals surface area contributed by atoms with Crippen molar-refractivity contribution in [3.05, 3.63) is 39.8 Å².